The molecule has 102 valence electrons. The molecule has 3 heteroatoms. The van der Waals surface area contributed by atoms with Gasteiger partial charge in [-0.25, -0.2) is 0 Å². The lowest BCUT2D eigenvalue weighted by Gasteiger charge is -2.26. The standard InChI is InChI=1S/C15H26N2O/c1-12(2)13-5-4-8-15(18,9-6-13)11-14-7-10-17(3)16-14/h7,10,12-13,18H,4-6,8-9,11H2,1-3H3. The van der Waals surface area contributed by atoms with E-state index in [0.29, 0.717) is 6.42 Å². The fraction of sp³-hybridized carbons (Fsp3) is 0.800. The molecule has 1 aromatic heterocycles. The smallest absolute Gasteiger partial charge is 0.0703 e. The Morgan fingerprint density at radius 3 is 2.83 bits per heavy atom. The summed E-state index contributed by atoms with van der Waals surface area (Å²) in [7, 11) is 1.93. The number of nitrogens with zero attached hydrogens (tertiary/aromatic N) is 2. The zero-order valence-electron chi connectivity index (χ0n) is 11.9. The van der Waals surface area contributed by atoms with Gasteiger partial charge in [0.25, 0.3) is 0 Å². The summed E-state index contributed by atoms with van der Waals surface area (Å²) in [6.07, 6.45) is 8.07. The van der Waals surface area contributed by atoms with Gasteiger partial charge in [-0.05, 0) is 37.2 Å². The van der Waals surface area contributed by atoms with Crippen LogP contribution in [0.5, 0.6) is 0 Å². The number of aliphatic hydroxyl groups is 1. The molecule has 1 saturated carbocycles. The van der Waals surface area contributed by atoms with Crippen molar-refractivity contribution in [1.29, 1.82) is 0 Å². The fourth-order valence-corrected chi connectivity index (χ4v) is 3.15. The first-order chi connectivity index (χ1) is 8.48. The number of hydrogen-bond donors (Lipinski definition) is 1. The second-order valence-electron chi connectivity index (χ2n) is 6.32. The van der Waals surface area contributed by atoms with E-state index in [2.05, 4.69) is 18.9 Å². The van der Waals surface area contributed by atoms with Gasteiger partial charge in [0.05, 0.1) is 11.3 Å². The summed E-state index contributed by atoms with van der Waals surface area (Å²) in [5.74, 6) is 1.52. The zero-order chi connectivity index (χ0) is 13.2. The van der Waals surface area contributed by atoms with Crippen molar-refractivity contribution >= 4 is 0 Å². The van der Waals surface area contributed by atoms with Crippen molar-refractivity contribution in [3.63, 3.8) is 0 Å². The van der Waals surface area contributed by atoms with Crippen LogP contribution in [0.3, 0.4) is 0 Å². The van der Waals surface area contributed by atoms with Crippen LogP contribution in [0.1, 0.15) is 51.6 Å². The minimum Gasteiger partial charge on any atom is -0.389 e. The molecule has 0 aromatic carbocycles. The molecule has 0 aliphatic heterocycles. The van der Waals surface area contributed by atoms with Crippen LogP contribution in [0.15, 0.2) is 12.3 Å². The fourth-order valence-electron chi connectivity index (χ4n) is 3.15. The van der Waals surface area contributed by atoms with E-state index in [0.717, 1.165) is 43.2 Å². The van der Waals surface area contributed by atoms with Gasteiger partial charge in [-0.2, -0.15) is 5.10 Å². The van der Waals surface area contributed by atoms with Gasteiger partial charge in [-0.1, -0.05) is 26.7 Å². The van der Waals surface area contributed by atoms with Gasteiger partial charge in [0.2, 0.25) is 0 Å². The molecule has 18 heavy (non-hydrogen) atoms. The summed E-state index contributed by atoms with van der Waals surface area (Å²) in [5.41, 5.74) is 0.487. The minimum atomic E-state index is -0.530. The third-order valence-corrected chi connectivity index (χ3v) is 4.42. The van der Waals surface area contributed by atoms with Crippen LogP contribution in [-0.4, -0.2) is 20.5 Å². The molecule has 2 atom stereocenters. The lowest BCUT2D eigenvalue weighted by molar-refractivity contribution is 0.0227. The molecular formula is C15H26N2O. The van der Waals surface area contributed by atoms with Crippen LogP contribution in [0, 0.1) is 11.8 Å². The first kappa shape index (κ1) is 13.6. The van der Waals surface area contributed by atoms with Gasteiger partial charge in [-0.15, -0.1) is 0 Å². The van der Waals surface area contributed by atoms with Crippen molar-refractivity contribution in [2.45, 2.75) is 58.0 Å². The summed E-state index contributed by atoms with van der Waals surface area (Å²) in [5, 5.41) is 15.2. The molecule has 0 bridgehead atoms. The maximum absolute atomic E-state index is 10.8. The van der Waals surface area contributed by atoms with E-state index in [-0.39, 0.29) is 0 Å². The zero-order valence-corrected chi connectivity index (χ0v) is 11.9. The third kappa shape index (κ3) is 3.35. The highest BCUT2D eigenvalue weighted by atomic mass is 16.3. The molecule has 0 radical (unpaired) electrons. The number of aryl methyl sites for hydroxylation is 1. The largest absolute Gasteiger partial charge is 0.389 e. The predicted octanol–water partition coefficient (Wildman–Crippen LogP) is 2.93. The molecule has 0 amide bonds. The summed E-state index contributed by atoms with van der Waals surface area (Å²) >= 11 is 0. The molecule has 0 saturated heterocycles. The lowest BCUT2D eigenvalue weighted by Crippen LogP contribution is -2.31. The molecule has 0 spiro atoms. The van der Waals surface area contributed by atoms with Crippen LogP contribution in [0.25, 0.3) is 0 Å². The number of aromatic nitrogens is 2. The molecule has 2 rings (SSSR count). The molecule has 1 N–H and O–H groups in total. The maximum Gasteiger partial charge on any atom is 0.0703 e. The maximum atomic E-state index is 10.8. The van der Waals surface area contributed by atoms with Crippen molar-refractivity contribution in [2.75, 3.05) is 0 Å². The van der Waals surface area contributed by atoms with Crippen molar-refractivity contribution in [2.24, 2.45) is 18.9 Å². The van der Waals surface area contributed by atoms with Gasteiger partial charge in [0.15, 0.2) is 0 Å². The quantitative estimate of drug-likeness (QED) is 0.838. The summed E-state index contributed by atoms with van der Waals surface area (Å²) in [6.45, 7) is 4.60. The molecule has 3 nitrogen and oxygen atoms in total. The molecule has 1 heterocycles. The topological polar surface area (TPSA) is 38.0 Å². The SMILES string of the molecule is CC(C)C1CCCC(O)(Cc2ccn(C)n2)CC1. The Labute approximate surface area is 110 Å². The van der Waals surface area contributed by atoms with Gasteiger partial charge >= 0.3 is 0 Å². The first-order valence-electron chi connectivity index (χ1n) is 7.19. The van der Waals surface area contributed by atoms with Crippen LogP contribution < -0.4 is 0 Å². The Kier molecular flexibility index (Phi) is 4.10. The Bertz CT molecular complexity index is 386. The Morgan fingerprint density at radius 1 is 1.44 bits per heavy atom. The predicted molar refractivity (Wildman–Crippen MR) is 73.3 cm³/mol. The van der Waals surface area contributed by atoms with E-state index in [9.17, 15) is 5.11 Å². The third-order valence-electron chi connectivity index (χ3n) is 4.42. The second kappa shape index (κ2) is 5.43. The molecule has 1 aliphatic carbocycles. The molecule has 2 unspecified atom stereocenters. The van der Waals surface area contributed by atoms with Crippen molar-refractivity contribution in [1.82, 2.24) is 9.78 Å². The van der Waals surface area contributed by atoms with Crippen molar-refractivity contribution in [3.8, 4) is 0 Å². The van der Waals surface area contributed by atoms with Crippen molar-refractivity contribution < 1.29 is 5.11 Å². The Morgan fingerprint density at radius 2 is 2.22 bits per heavy atom. The number of hydrogen-bond acceptors (Lipinski definition) is 2. The van der Waals surface area contributed by atoms with Crippen LogP contribution >= 0.6 is 0 Å². The van der Waals surface area contributed by atoms with Gasteiger partial charge in [0.1, 0.15) is 0 Å². The monoisotopic (exact) mass is 250 g/mol. The summed E-state index contributed by atoms with van der Waals surface area (Å²) in [4.78, 5) is 0. The second-order valence-corrected chi connectivity index (χ2v) is 6.32. The van der Waals surface area contributed by atoms with Gasteiger partial charge in [-0.3, -0.25) is 4.68 Å². The first-order valence-corrected chi connectivity index (χ1v) is 7.19. The highest BCUT2D eigenvalue weighted by Crippen LogP contribution is 2.35. The number of rotatable bonds is 3. The summed E-state index contributed by atoms with van der Waals surface area (Å²) in [6, 6.07) is 2.02. The molecular weight excluding hydrogens is 224 g/mol. The lowest BCUT2D eigenvalue weighted by atomic mass is 9.86. The van der Waals surface area contributed by atoms with E-state index < -0.39 is 5.60 Å². The summed E-state index contributed by atoms with van der Waals surface area (Å²) < 4.78 is 1.81. The van der Waals surface area contributed by atoms with Gasteiger partial charge < -0.3 is 5.11 Å². The average molecular weight is 250 g/mol. The Balaban J connectivity index is 1.98. The van der Waals surface area contributed by atoms with Crippen molar-refractivity contribution in [3.05, 3.63) is 18.0 Å². The van der Waals surface area contributed by atoms with E-state index >= 15 is 0 Å². The molecule has 1 aromatic rings. The van der Waals surface area contributed by atoms with E-state index in [4.69, 9.17) is 0 Å². The molecule has 1 fully saturated rings. The van der Waals surface area contributed by atoms with Gasteiger partial charge in [0, 0.05) is 19.7 Å². The van der Waals surface area contributed by atoms with E-state index in [1.807, 2.05) is 24.0 Å². The van der Waals surface area contributed by atoms with Crippen LogP contribution in [-0.2, 0) is 13.5 Å². The highest BCUT2D eigenvalue weighted by molar-refractivity contribution is 5.04. The average Bonchev–Trinajstić information content (AvgIpc) is 2.58. The molecule has 1 aliphatic rings. The highest BCUT2D eigenvalue weighted by Gasteiger charge is 2.32. The normalized spacial score (nSPS) is 29.5. The Hall–Kier alpha value is -0.830. The van der Waals surface area contributed by atoms with Crippen LogP contribution in [0.4, 0.5) is 0 Å². The minimum absolute atomic E-state index is 0.530. The van der Waals surface area contributed by atoms with Crippen LogP contribution in [0.2, 0.25) is 0 Å². The van der Waals surface area contributed by atoms with E-state index in [1.54, 1.807) is 0 Å². The van der Waals surface area contributed by atoms with E-state index in [1.165, 1.54) is 6.42 Å².